The lowest BCUT2D eigenvalue weighted by Crippen LogP contribution is -2.38. The van der Waals surface area contributed by atoms with Gasteiger partial charge in [-0.1, -0.05) is 13.3 Å². The predicted molar refractivity (Wildman–Crippen MR) is 48.1 cm³/mol. The number of nitrogens with zero attached hydrogens (tertiary/aromatic N) is 1. The van der Waals surface area contributed by atoms with Crippen LogP contribution in [0.25, 0.3) is 0 Å². The molecule has 72 valence electrons. The highest BCUT2D eigenvalue weighted by Crippen LogP contribution is 2.31. The third-order valence-corrected chi connectivity index (χ3v) is 3.23. The summed E-state index contributed by atoms with van der Waals surface area (Å²) in [4.78, 5) is 24.3. The number of hydrogen-bond acceptors (Lipinski definition) is 2. The van der Waals surface area contributed by atoms with Gasteiger partial charge in [0.25, 0.3) is 0 Å². The maximum Gasteiger partial charge on any atom is 0.230 e. The molecule has 1 aliphatic heterocycles. The molecule has 2 aliphatic rings. The van der Waals surface area contributed by atoms with Gasteiger partial charge in [-0.15, -0.1) is 0 Å². The molecular weight excluding hydrogens is 166 g/mol. The molecule has 1 heterocycles. The van der Waals surface area contributed by atoms with Crippen LogP contribution in [0.1, 0.15) is 32.6 Å². The number of rotatable bonds is 1. The number of Topliss-reactive ketones (excluding diaryl/α,β-unsaturated/α-hetero) is 1. The molecule has 0 aromatic heterocycles. The topological polar surface area (TPSA) is 37.4 Å². The molecule has 0 N–H and O–H groups in total. The van der Waals surface area contributed by atoms with Gasteiger partial charge < -0.3 is 4.90 Å². The minimum absolute atomic E-state index is 0.0451. The molecule has 0 radical (unpaired) electrons. The van der Waals surface area contributed by atoms with Crippen LogP contribution >= 0.6 is 0 Å². The van der Waals surface area contributed by atoms with Crippen molar-refractivity contribution in [2.45, 2.75) is 38.6 Å². The molecule has 0 aromatic rings. The van der Waals surface area contributed by atoms with E-state index in [9.17, 15) is 9.59 Å². The van der Waals surface area contributed by atoms with Crippen LogP contribution in [0.3, 0.4) is 0 Å². The number of carbonyl (C=O) groups is 2. The second kappa shape index (κ2) is 3.13. The Morgan fingerprint density at radius 3 is 2.54 bits per heavy atom. The standard InChI is InChI=1S/C10H15NO2/c1-7-3-2-4-9(7)11-6-8(12)5-10(11)13/h7,9H,2-6H2,1H3. The zero-order chi connectivity index (χ0) is 9.42. The fourth-order valence-electron chi connectivity index (χ4n) is 2.50. The van der Waals surface area contributed by atoms with E-state index in [0.29, 0.717) is 18.5 Å². The highest BCUT2D eigenvalue weighted by atomic mass is 16.2. The Balaban J connectivity index is 2.08. The second-order valence-corrected chi connectivity index (χ2v) is 4.21. The molecule has 0 aromatic carbocycles. The van der Waals surface area contributed by atoms with Gasteiger partial charge in [0.15, 0.2) is 5.78 Å². The van der Waals surface area contributed by atoms with Crippen molar-refractivity contribution in [1.29, 1.82) is 0 Å². The fourth-order valence-corrected chi connectivity index (χ4v) is 2.50. The summed E-state index contributed by atoms with van der Waals surface area (Å²) in [6, 6.07) is 0.346. The Labute approximate surface area is 78.1 Å². The van der Waals surface area contributed by atoms with Gasteiger partial charge in [0.2, 0.25) is 5.91 Å². The first kappa shape index (κ1) is 8.73. The first-order valence-corrected chi connectivity index (χ1v) is 4.99. The van der Waals surface area contributed by atoms with Crippen molar-refractivity contribution in [1.82, 2.24) is 4.90 Å². The molecule has 2 unspecified atom stereocenters. The average molecular weight is 181 g/mol. The highest BCUT2D eigenvalue weighted by Gasteiger charge is 2.37. The predicted octanol–water partition coefficient (Wildman–Crippen LogP) is 0.976. The SMILES string of the molecule is CC1CCCC1N1CC(=O)CC1=O. The van der Waals surface area contributed by atoms with Crippen molar-refractivity contribution in [2.24, 2.45) is 5.92 Å². The van der Waals surface area contributed by atoms with E-state index >= 15 is 0 Å². The van der Waals surface area contributed by atoms with Crippen LogP contribution in [0.4, 0.5) is 0 Å². The van der Waals surface area contributed by atoms with Gasteiger partial charge in [-0.05, 0) is 18.8 Å². The monoisotopic (exact) mass is 181 g/mol. The third-order valence-electron chi connectivity index (χ3n) is 3.23. The molecule has 1 saturated heterocycles. The highest BCUT2D eigenvalue weighted by molar-refractivity contribution is 6.05. The minimum atomic E-state index is 0.0451. The number of ketones is 1. The first-order valence-electron chi connectivity index (χ1n) is 4.99. The molecule has 13 heavy (non-hydrogen) atoms. The van der Waals surface area contributed by atoms with Crippen molar-refractivity contribution in [3.8, 4) is 0 Å². The van der Waals surface area contributed by atoms with E-state index in [1.165, 1.54) is 12.8 Å². The maximum absolute atomic E-state index is 11.4. The number of amides is 1. The molecule has 1 saturated carbocycles. The number of carbonyl (C=O) groups excluding carboxylic acids is 2. The van der Waals surface area contributed by atoms with E-state index in [1.54, 1.807) is 4.90 Å². The lowest BCUT2D eigenvalue weighted by Gasteiger charge is -2.26. The summed E-state index contributed by atoms with van der Waals surface area (Å²) in [6.45, 7) is 2.54. The minimum Gasteiger partial charge on any atom is -0.332 e. The van der Waals surface area contributed by atoms with Gasteiger partial charge >= 0.3 is 0 Å². The third kappa shape index (κ3) is 1.47. The van der Waals surface area contributed by atoms with Crippen molar-refractivity contribution in [2.75, 3.05) is 6.54 Å². The zero-order valence-corrected chi connectivity index (χ0v) is 7.95. The van der Waals surface area contributed by atoms with Gasteiger partial charge in [0.05, 0.1) is 13.0 Å². The van der Waals surface area contributed by atoms with Gasteiger partial charge in [-0.25, -0.2) is 0 Å². The van der Waals surface area contributed by atoms with Gasteiger partial charge in [0.1, 0.15) is 0 Å². The Morgan fingerprint density at radius 1 is 1.31 bits per heavy atom. The van der Waals surface area contributed by atoms with E-state index in [1.807, 2.05) is 0 Å². The largest absolute Gasteiger partial charge is 0.332 e. The summed E-state index contributed by atoms with van der Waals surface area (Å²) in [6.07, 6.45) is 3.62. The van der Waals surface area contributed by atoms with Crippen LogP contribution < -0.4 is 0 Å². The van der Waals surface area contributed by atoms with E-state index in [0.717, 1.165) is 6.42 Å². The Bertz CT molecular complexity index is 249. The van der Waals surface area contributed by atoms with Crippen LogP contribution in [0, 0.1) is 5.92 Å². The lowest BCUT2D eigenvalue weighted by atomic mass is 10.1. The van der Waals surface area contributed by atoms with Gasteiger partial charge in [0, 0.05) is 6.04 Å². The van der Waals surface area contributed by atoms with Crippen LogP contribution in [0.15, 0.2) is 0 Å². The number of hydrogen-bond donors (Lipinski definition) is 0. The van der Waals surface area contributed by atoms with Crippen molar-refractivity contribution in [3.05, 3.63) is 0 Å². The lowest BCUT2D eigenvalue weighted by molar-refractivity contribution is -0.130. The summed E-state index contributed by atoms with van der Waals surface area (Å²) < 4.78 is 0. The summed E-state index contributed by atoms with van der Waals surface area (Å²) in [5.41, 5.74) is 0. The Morgan fingerprint density at radius 2 is 2.08 bits per heavy atom. The summed E-state index contributed by atoms with van der Waals surface area (Å²) in [7, 11) is 0. The van der Waals surface area contributed by atoms with E-state index in [2.05, 4.69) is 6.92 Å². The van der Waals surface area contributed by atoms with Crippen molar-refractivity contribution >= 4 is 11.7 Å². The summed E-state index contributed by atoms with van der Waals surface area (Å²) in [5, 5.41) is 0. The van der Waals surface area contributed by atoms with E-state index in [4.69, 9.17) is 0 Å². The Kier molecular flexibility index (Phi) is 2.10. The summed E-state index contributed by atoms with van der Waals surface area (Å²) >= 11 is 0. The maximum atomic E-state index is 11.4. The van der Waals surface area contributed by atoms with E-state index in [-0.39, 0.29) is 18.1 Å². The van der Waals surface area contributed by atoms with Crippen molar-refractivity contribution in [3.63, 3.8) is 0 Å². The zero-order valence-electron chi connectivity index (χ0n) is 7.95. The van der Waals surface area contributed by atoms with Gasteiger partial charge in [-0.3, -0.25) is 9.59 Å². The Hall–Kier alpha value is -0.860. The molecule has 1 amide bonds. The molecular formula is C10H15NO2. The van der Waals surface area contributed by atoms with Gasteiger partial charge in [-0.2, -0.15) is 0 Å². The summed E-state index contributed by atoms with van der Waals surface area (Å²) in [5.74, 6) is 0.711. The molecule has 0 bridgehead atoms. The normalized spacial score (nSPS) is 34.7. The molecule has 0 spiro atoms. The quantitative estimate of drug-likeness (QED) is 0.565. The van der Waals surface area contributed by atoms with Crippen LogP contribution in [-0.2, 0) is 9.59 Å². The average Bonchev–Trinajstić information content (AvgIpc) is 2.58. The first-order chi connectivity index (χ1) is 6.18. The smallest absolute Gasteiger partial charge is 0.230 e. The molecule has 1 aliphatic carbocycles. The molecule has 2 fully saturated rings. The van der Waals surface area contributed by atoms with Crippen LogP contribution in [0.5, 0.6) is 0 Å². The molecule has 2 rings (SSSR count). The molecule has 3 heteroatoms. The fraction of sp³-hybridized carbons (Fsp3) is 0.800. The van der Waals surface area contributed by atoms with E-state index < -0.39 is 0 Å². The van der Waals surface area contributed by atoms with Crippen molar-refractivity contribution < 1.29 is 9.59 Å². The van der Waals surface area contributed by atoms with Crippen LogP contribution in [0.2, 0.25) is 0 Å². The molecule has 3 nitrogen and oxygen atoms in total. The van der Waals surface area contributed by atoms with Crippen LogP contribution in [-0.4, -0.2) is 29.2 Å². The second-order valence-electron chi connectivity index (χ2n) is 4.21. The number of likely N-dealkylation sites (tertiary alicyclic amines) is 1. The molecule has 2 atom stereocenters.